The number of halogens is 2. The van der Waals surface area contributed by atoms with Crippen LogP contribution in [0.3, 0.4) is 0 Å². The molecule has 2 amide bonds. The van der Waals surface area contributed by atoms with Gasteiger partial charge in [0.1, 0.15) is 4.34 Å². The van der Waals surface area contributed by atoms with Gasteiger partial charge in [-0.05, 0) is 43.8 Å². The Balaban J connectivity index is 1.67. The van der Waals surface area contributed by atoms with Crippen LogP contribution in [0.2, 0.25) is 9.36 Å². The molecule has 1 N–H and O–H groups in total. The van der Waals surface area contributed by atoms with Crippen LogP contribution in [0.4, 0.5) is 15.6 Å². The van der Waals surface area contributed by atoms with Crippen LogP contribution in [0.15, 0.2) is 24.4 Å². The van der Waals surface area contributed by atoms with Crippen molar-refractivity contribution in [1.82, 2.24) is 9.88 Å². The number of thiazole rings is 1. The average Bonchev–Trinajstić information content (AvgIpc) is 3.20. The van der Waals surface area contributed by atoms with Crippen molar-refractivity contribution in [3.05, 3.63) is 39.3 Å². The van der Waals surface area contributed by atoms with Crippen LogP contribution in [0, 0.1) is 0 Å². The van der Waals surface area contributed by atoms with Crippen molar-refractivity contribution < 1.29 is 4.79 Å². The summed E-state index contributed by atoms with van der Waals surface area (Å²) in [6.07, 6.45) is 2.55. The number of aromatic nitrogens is 1. The summed E-state index contributed by atoms with van der Waals surface area (Å²) in [7, 11) is 2.11. The number of nitrogens with zero attached hydrogens (tertiary/aromatic N) is 3. The lowest BCUT2D eigenvalue weighted by atomic mass is 9.81. The number of nitrogens with one attached hydrogen (secondary N) is 1. The van der Waals surface area contributed by atoms with Crippen molar-refractivity contribution in [3.63, 3.8) is 0 Å². The molecule has 0 aliphatic carbocycles. The third-order valence-electron chi connectivity index (χ3n) is 4.76. The Hall–Kier alpha value is -1.34. The number of likely N-dealkylation sites (N-methyl/N-ethyl adjacent to an activating group) is 1. The van der Waals surface area contributed by atoms with Gasteiger partial charge in [-0.1, -0.05) is 34.5 Å². The van der Waals surface area contributed by atoms with Gasteiger partial charge in [-0.2, -0.15) is 0 Å². The van der Waals surface area contributed by atoms with E-state index in [0.29, 0.717) is 21.0 Å². The molecule has 2 aliphatic heterocycles. The Bertz CT molecular complexity index is 811. The van der Waals surface area contributed by atoms with Crippen LogP contribution in [0.25, 0.3) is 0 Å². The average molecular weight is 383 g/mol. The van der Waals surface area contributed by atoms with Crippen LogP contribution >= 0.6 is 34.5 Å². The minimum atomic E-state index is -0.184. The summed E-state index contributed by atoms with van der Waals surface area (Å²) >= 11 is 13.4. The van der Waals surface area contributed by atoms with E-state index in [9.17, 15) is 4.79 Å². The van der Waals surface area contributed by atoms with Crippen molar-refractivity contribution in [2.24, 2.45) is 0 Å². The van der Waals surface area contributed by atoms with E-state index in [4.69, 9.17) is 23.2 Å². The molecule has 4 rings (SSSR count). The Morgan fingerprint density at radius 3 is 2.88 bits per heavy atom. The summed E-state index contributed by atoms with van der Waals surface area (Å²) in [5, 5.41) is 4.05. The number of rotatable bonds is 1. The fourth-order valence-corrected chi connectivity index (χ4v) is 4.70. The predicted molar refractivity (Wildman–Crippen MR) is 98.7 cm³/mol. The van der Waals surface area contributed by atoms with Gasteiger partial charge in [-0.25, -0.2) is 9.78 Å². The van der Waals surface area contributed by atoms with E-state index < -0.39 is 0 Å². The molecule has 126 valence electrons. The van der Waals surface area contributed by atoms with Crippen LogP contribution < -0.4 is 10.2 Å². The van der Waals surface area contributed by atoms with Gasteiger partial charge in [-0.15, -0.1) is 0 Å². The molecular weight excluding hydrogens is 367 g/mol. The number of anilines is 2. The van der Waals surface area contributed by atoms with Crippen molar-refractivity contribution in [2.75, 3.05) is 36.9 Å². The zero-order valence-corrected chi connectivity index (χ0v) is 15.4. The highest BCUT2D eigenvalue weighted by molar-refractivity contribution is 7.19. The first-order valence-electron chi connectivity index (χ1n) is 7.65. The molecule has 1 atom stereocenters. The zero-order chi connectivity index (χ0) is 16.9. The number of urea groups is 1. The number of amides is 2. The number of carbonyl (C=O) groups is 1. The number of hydrogen-bond donors (Lipinski definition) is 1. The van der Waals surface area contributed by atoms with Gasteiger partial charge in [0.25, 0.3) is 0 Å². The lowest BCUT2D eigenvalue weighted by molar-refractivity contribution is 0.256. The first-order valence-corrected chi connectivity index (χ1v) is 9.23. The summed E-state index contributed by atoms with van der Waals surface area (Å²) in [5.41, 5.74) is 2.04. The number of hydrogen-bond acceptors (Lipinski definition) is 4. The first-order chi connectivity index (χ1) is 11.5. The minimum Gasteiger partial charge on any atom is -0.305 e. The lowest BCUT2D eigenvalue weighted by Crippen LogP contribution is -2.40. The maximum absolute atomic E-state index is 12.8. The summed E-state index contributed by atoms with van der Waals surface area (Å²) in [6, 6.07) is 5.58. The van der Waals surface area contributed by atoms with Crippen LogP contribution in [-0.2, 0) is 5.41 Å². The summed E-state index contributed by atoms with van der Waals surface area (Å²) in [5.74, 6) is 0. The third-order valence-corrected chi connectivity index (χ3v) is 6.03. The maximum Gasteiger partial charge on any atom is 0.328 e. The van der Waals surface area contributed by atoms with E-state index in [1.165, 1.54) is 17.5 Å². The van der Waals surface area contributed by atoms with Crippen LogP contribution in [0.5, 0.6) is 0 Å². The molecule has 1 spiro atoms. The van der Waals surface area contributed by atoms with E-state index >= 15 is 0 Å². The van der Waals surface area contributed by atoms with Gasteiger partial charge < -0.3 is 4.90 Å². The molecule has 5 nitrogen and oxygen atoms in total. The number of carbonyl (C=O) groups excluding carboxylic acids is 1. The summed E-state index contributed by atoms with van der Waals surface area (Å²) in [4.78, 5) is 21.0. The Labute approximate surface area is 154 Å². The molecule has 2 aliphatic rings. The number of likely N-dealkylation sites (tertiary alicyclic amines) is 1. The maximum atomic E-state index is 12.8. The molecular formula is C16H16Cl2N4OS. The molecule has 1 aromatic heterocycles. The van der Waals surface area contributed by atoms with Gasteiger partial charge >= 0.3 is 6.03 Å². The van der Waals surface area contributed by atoms with Crippen LogP contribution in [0.1, 0.15) is 12.0 Å². The molecule has 24 heavy (non-hydrogen) atoms. The van der Waals surface area contributed by atoms with Crippen molar-refractivity contribution >= 4 is 51.4 Å². The molecule has 2 aromatic rings. The van der Waals surface area contributed by atoms with Gasteiger partial charge in [0.15, 0.2) is 5.13 Å². The number of benzene rings is 1. The largest absolute Gasteiger partial charge is 0.328 e. The fourth-order valence-electron chi connectivity index (χ4n) is 3.72. The highest BCUT2D eigenvalue weighted by atomic mass is 35.5. The molecule has 1 aromatic carbocycles. The fraction of sp³-hybridized carbons (Fsp3) is 0.375. The van der Waals surface area contributed by atoms with Crippen molar-refractivity contribution in [1.29, 1.82) is 0 Å². The van der Waals surface area contributed by atoms with E-state index in [1.54, 1.807) is 4.90 Å². The highest BCUT2D eigenvalue weighted by Crippen LogP contribution is 2.47. The Morgan fingerprint density at radius 2 is 2.21 bits per heavy atom. The second-order valence-electron chi connectivity index (χ2n) is 6.42. The highest BCUT2D eigenvalue weighted by Gasteiger charge is 2.48. The zero-order valence-electron chi connectivity index (χ0n) is 13.1. The standard InChI is InChI=1S/C16H16Cl2N4OS/c1-21-5-4-16(8-21)9-22(12-3-2-10(17)6-11(12)16)15(23)20-14-19-7-13(18)24-14/h2-3,6-7H,4-5,8-9H2,1H3,(H,19,20,23)/t16-/m0/s1. The van der Waals surface area contributed by atoms with E-state index in [1.807, 2.05) is 18.2 Å². The van der Waals surface area contributed by atoms with Gasteiger partial charge in [0.05, 0.1) is 6.20 Å². The third kappa shape index (κ3) is 2.67. The number of fused-ring (bicyclic) bond motifs is 2. The summed E-state index contributed by atoms with van der Waals surface area (Å²) < 4.78 is 0.549. The smallest absolute Gasteiger partial charge is 0.305 e. The van der Waals surface area contributed by atoms with Crippen molar-refractivity contribution in [3.8, 4) is 0 Å². The first kappa shape index (κ1) is 16.1. The quantitative estimate of drug-likeness (QED) is 0.808. The van der Waals surface area contributed by atoms with Gasteiger partial charge in [0, 0.05) is 29.2 Å². The second kappa shape index (κ2) is 5.88. The van der Waals surface area contributed by atoms with Crippen molar-refractivity contribution in [2.45, 2.75) is 11.8 Å². The molecule has 0 radical (unpaired) electrons. The molecule has 0 unspecified atom stereocenters. The summed E-state index contributed by atoms with van der Waals surface area (Å²) in [6.45, 7) is 2.59. The molecule has 0 bridgehead atoms. The topological polar surface area (TPSA) is 48.5 Å². The van der Waals surface area contributed by atoms with Crippen LogP contribution in [-0.4, -0.2) is 42.6 Å². The monoisotopic (exact) mass is 382 g/mol. The van der Waals surface area contributed by atoms with Gasteiger partial charge in [0.2, 0.25) is 0 Å². The lowest BCUT2D eigenvalue weighted by Gasteiger charge is -2.25. The second-order valence-corrected chi connectivity index (χ2v) is 8.51. The minimum absolute atomic E-state index is 0.0488. The predicted octanol–water partition coefficient (Wildman–Crippen LogP) is 4.08. The van der Waals surface area contributed by atoms with E-state index in [-0.39, 0.29) is 11.4 Å². The SMILES string of the molecule is CN1CC[C@]2(C1)CN(C(=O)Nc1ncc(Cl)s1)c1ccc(Cl)cc12. The molecule has 3 heterocycles. The van der Waals surface area contributed by atoms with E-state index in [2.05, 4.69) is 22.2 Å². The molecule has 1 saturated heterocycles. The van der Waals surface area contributed by atoms with Gasteiger partial charge in [-0.3, -0.25) is 10.2 Å². The Kier molecular flexibility index (Phi) is 3.95. The Morgan fingerprint density at radius 1 is 1.38 bits per heavy atom. The molecule has 0 saturated carbocycles. The van der Waals surface area contributed by atoms with E-state index in [0.717, 1.165) is 30.8 Å². The molecule has 1 fully saturated rings. The molecule has 8 heteroatoms. The normalized spacial score (nSPS) is 23.0.